The topological polar surface area (TPSA) is 31.1 Å². The van der Waals surface area contributed by atoms with Crippen molar-refractivity contribution < 1.29 is 0 Å². The van der Waals surface area contributed by atoms with Gasteiger partial charge in [0.2, 0.25) is 0 Å². The summed E-state index contributed by atoms with van der Waals surface area (Å²) < 4.78 is 0. The highest BCUT2D eigenvalue weighted by atomic mass is 15.2. The van der Waals surface area contributed by atoms with Crippen LogP contribution in [0.4, 0.5) is 5.82 Å². The van der Waals surface area contributed by atoms with Crippen LogP contribution in [-0.2, 0) is 0 Å². The van der Waals surface area contributed by atoms with Gasteiger partial charge in [0.25, 0.3) is 0 Å². The van der Waals surface area contributed by atoms with E-state index >= 15 is 0 Å². The molecule has 2 aromatic rings. The molecule has 0 bridgehead atoms. The third-order valence-electron chi connectivity index (χ3n) is 5.24. The molecule has 1 aromatic carbocycles. The highest BCUT2D eigenvalue weighted by Crippen LogP contribution is 2.38. The van der Waals surface area contributed by atoms with Gasteiger partial charge in [-0.2, -0.15) is 0 Å². The van der Waals surface area contributed by atoms with Crippen LogP contribution in [0.1, 0.15) is 25.7 Å². The van der Waals surface area contributed by atoms with Gasteiger partial charge in [-0.1, -0.05) is 18.2 Å². The first-order valence-electron chi connectivity index (χ1n) is 7.88. The maximum absolute atomic E-state index is 3.60. The molecular formula is C17H23N3. The lowest BCUT2D eigenvalue weighted by Gasteiger charge is -2.44. The van der Waals surface area contributed by atoms with Gasteiger partial charge in [0, 0.05) is 30.5 Å². The zero-order chi connectivity index (χ0) is 13.4. The van der Waals surface area contributed by atoms with E-state index in [2.05, 4.69) is 45.5 Å². The molecule has 0 atom stereocenters. The molecular weight excluding hydrogens is 246 g/mol. The van der Waals surface area contributed by atoms with E-state index in [-0.39, 0.29) is 0 Å². The summed E-state index contributed by atoms with van der Waals surface area (Å²) in [4.78, 5) is 6.09. The molecule has 106 valence electrons. The van der Waals surface area contributed by atoms with Crippen molar-refractivity contribution in [3.63, 3.8) is 0 Å². The van der Waals surface area contributed by atoms with E-state index in [1.807, 2.05) is 0 Å². The number of rotatable bonds is 1. The smallest absolute Gasteiger partial charge is 0.106 e. The van der Waals surface area contributed by atoms with Gasteiger partial charge in [-0.05, 0) is 49.8 Å². The second-order valence-electron chi connectivity index (χ2n) is 6.51. The number of aromatic nitrogens is 1. The lowest BCUT2D eigenvalue weighted by molar-refractivity contribution is 0.161. The first kappa shape index (κ1) is 12.3. The zero-order valence-corrected chi connectivity index (χ0v) is 12.0. The maximum atomic E-state index is 3.60. The fourth-order valence-electron chi connectivity index (χ4n) is 3.91. The Kier molecular flexibility index (Phi) is 2.95. The maximum Gasteiger partial charge on any atom is 0.106 e. The number of nitrogens with zero attached hydrogens (tertiary/aromatic N) is 1. The molecule has 0 radical (unpaired) electrons. The van der Waals surface area contributed by atoms with Gasteiger partial charge in [0.05, 0.1) is 0 Å². The third kappa shape index (κ3) is 2.10. The molecule has 1 spiro atoms. The Balaban J connectivity index is 1.50. The van der Waals surface area contributed by atoms with Crippen molar-refractivity contribution in [1.29, 1.82) is 0 Å². The monoisotopic (exact) mass is 269 g/mol. The van der Waals surface area contributed by atoms with Crippen molar-refractivity contribution in [2.75, 3.05) is 31.1 Å². The normalized spacial score (nSPS) is 22.5. The van der Waals surface area contributed by atoms with E-state index in [0.29, 0.717) is 5.41 Å². The van der Waals surface area contributed by atoms with Gasteiger partial charge in [-0.25, -0.2) is 0 Å². The van der Waals surface area contributed by atoms with Gasteiger partial charge in [0.1, 0.15) is 5.82 Å². The molecule has 0 unspecified atom stereocenters. The number of fused-ring (bicyclic) bond motifs is 1. The van der Waals surface area contributed by atoms with Gasteiger partial charge in [-0.3, -0.25) is 0 Å². The molecule has 0 saturated carbocycles. The largest absolute Gasteiger partial charge is 0.358 e. The zero-order valence-electron chi connectivity index (χ0n) is 12.0. The first-order chi connectivity index (χ1) is 9.85. The number of benzene rings is 1. The quantitative estimate of drug-likeness (QED) is 0.833. The highest BCUT2D eigenvalue weighted by molar-refractivity contribution is 5.83. The van der Waals surface area contributed by atoms with Crippen LogP contribution in [0.2, 0.25) is 0 Å². The molecule has 0 aliphatic carbocycles. The molecule has 4 rings (SSSR count). The highest BCUT2D eigenvalue weighted by Gasteiger charge is 2.35. The summed E-state index contributed by atoms with van der Waals surface area (Å²) in [6.07, 6.45) is 5.43. The van der Waals surface area contributed by atoms with E-state index in [9.17, 15) is 0 Å². The Labute approximate surface area is 120 Å². The number of nitrogens with one attached hydrogen (secondary N) is 2. The van der Waals surface area contributed by atoms with E-state index in [1.54, 1.807) is 0 Å². The lowest BCUT2D eigenvalue weighted by atomic mass is 9.73. The average molecular weight is 269 g/mol. The summed E-state index contributed by atoms with van der Waals surface area (Å²) in [5.74, 6) is 1.30. The van der Waals surface area contributed by atoms with Crippen LogP contribution in [0.15, 0.2) is 30.3 Å². The van der Waals surface area contributed by atoms with E-state index in [0.717, 1.165) is 0 Å². The number of piperidine rings is 2. The Morgan fingerprint density at radius 2 is 1.90 bits per heavy atom. The van der Waals surface area contributed by atoms with E-state index in [4.69, 9.17) is 0 Å². The van der Waals surface area contributed by atoms with Crippen molar-refractivity contribution >= 4 is 16.7 Å². The van der Waals surface area contributed by atoms with Crippen molar-refractivity contribution in [2.45, 2.75) is 25.7 Å². The Morgan fingerprint density at radius 1 is 1.05 bits per heavy atom. The molecule has 3 heteroatoms. The van der Waals surface area contributed by atoms with E-state index < -0.39 is 0 Å². The van der Waals surface area contributed by atoms with Crippen molar-refractivity contribution in [3.8, 4) is 0 Å². The standard InChI is InChI=1S/C17H23N3/c1-2-5-15-14(4-1)12-16(19-15)20-10-7-17(8-11-20)6-3-9-18-13-17/h1-2,4-5,12,18-19H,3,6-11,13H2. The Bertz CT molecular complexity index is 552. The minimum Gasteiger partial charge on any atom is -0.358 e. The Morgan fingerprint density at radius 3 is 2.65 bits per heavy atom. The fourth-order valence-corrected chi connectivity index (χ4v) is 3.91. The van der Waals surface area contributed by atoms with Crippen molar-refractivity contribution in [3.05, 3.63) is 30.3 Å². The van der Waals surface area contributed by atoms with Crippen LogP contribution < -0.4 is 10.2 Å². The molecule has 2 aliphatic rings. The molecule has 2 fully saturated rings. The molecule has 0 amide bonds. The Hall–Kier alpha value is -1.48. The van der Waals surface area contributed by atoms with Gasteiger partial charge in [-0.15, -0.1) is 0 Å². The summed E-state index contributed by atoms with van der Waals surface area (Å²) in [6.45, 7) is 4.82. The minimum absolute atomic E-state index is 0.584. The summed E-state index contributed by atoms with van der Waals surface area (Å²) in [5.41, 5.74) is 1.84. The summed E-state index contributed by atoms with van der Waals surface area (Å²) in [5, 5.41) is 4.92. The first-order valence-corrected chi connectivity index (χ1v) is 7.88. The SMILES string of the molecule is c1ccc2[nH]c(N3CCC4(CCCNC4)CC3)cc2c1. The van der Waals surface area contributed by atoms with Crippen LogP contribution in [0.5, 0.6) is 0 Å². The second kappa shape index (κ2) is 4.81. The molecule has 20 heavy (non-hydrogen) atoms. The lowest BCUT2D eigenvalue weighted by Crippen LogP contribution is -2.48. The number of anilines is 1. The van der Waals surface area contributed by atoms with Crippen LogP contribution in [0, 0.1) is 5.41 Å². The third-order valence-corrected chi connectivity index (χ3v) is 5.24. The molecule has 2 aliphatic heterocycles. The number of hydrogen-bond donors (Lipinski definition) is 2. The molecule has 2 N–H and O–H groups in total. The molecule has 2 saturated heterocycles. The van der Waals surface area contributed by atoms with Gasteiger partial charge >= 0.3 is 0 Å². The molecule has 3 nitrogen and oxygen atoms in total. The van der Waals surface area contributed by atoms with Crippen LogP contribution >= 0.6 is 0 Å². The predicted octanol–water partition coefficient (Wildman–Crippen LogP) is 3.14. The number of H-pyrrole nitrogens is 1. The van der Waals surface area contributed by atoms with Crippen LogP contribution in [0.25, 0.3) is 10.9 Å². The molecule has 1 aromatic heterocycles. The molecule has 3 heterocycles. The van der Waals surface area contributed by atoms with Crippen molar-refractivity contribution in [2.24, 2.45) is 5.41 Å². The van der Waals surface area contributed by atoms with Crippen molar-refractivity contribution in [1.82, 2.24) is 10.3 Å². The average Bonchev–Trinajstić information content (AvgIpc) is 2.93. The van der Waals surface area contributed by atoms with Gasteiger partial charge < -0.3 is 15.2 Å². The predicted molar refractivity (Wildman–Crippen MR) is 84.3 cm³/mol. The second-order valence-corrected chi connectivity index (χ2v) is 6.51. The summed E-state index contributed by atoms with van der Waals surface area (Å²) >= 11 is 0. The minimum atomic E-state index is 0.584. The van der Waals surface area contributed by atoms with Gasteiger partial charge in [0.15, 0.2) is 0 Å². The number of aromatic amines is 1. The fraction of sp³-hybridized carbons (Fsp3) is 0.529. The summed E-state index contributed by atoms with van der Waals surface area (Å²) in [7, 11) is 0. The van der Waals surface area contributed by atoms with Crippen LogP contribution in [-0.4, -0.2) is 31.2 Å². The number of hydrogen-bond acceptors (Lipinski definition) is 2. The number of para-hydroxylation sites is 1. The summed E-state index contributed by atoms with van der Waals surface area (Å²) in [6, 6.07) is 10.9. The van der Waals surface area contributed by atoms with Crippen LogP contribution in [0.3, 0.4) is 0 Å². The van der Waals surface area contributed by atoms with E-state index in [1.165, 1.54) is 68.6 Å².